The van der Waals surface area contributed by atoms with Gasteiger partial charge >= 0.3 is 0 Å². The van der Waals surface area contributed by atoms with Gasteiger partial charge in [-0.05, 0) is 17.9 Å². The van der Waals surface area contributed by atoms with Gasteiger partial charge in [0.2, 0.25) is 0 Å². The Bertz CT molecular complexity index is 312. The molecule has 2 nitrogen and oxygen atoms in total. The molecule has 1 heterocycles. The van der Waals surface area contributed by atoms with E-state index >= 15 is 0 Å². The highest BCUT2D eigenvalue weighted by Crippen LogP contribution is 2.21. The first-order valence-corrected chi connectivity index (χ1v) is 6.72. The second-order valence-corrected chi connectivity index (χ2v) is 6.17. The third kappa shape index (κ3) is 5.30. The molecule has 0 aliphatic carbocycles. The Morgan fingerprint density at radius 1 is 1.50 bits per heavy atom. The molecule has 0 bridgehead atoms. The molecule has 0 atom stereocenters. The smallest absolute Gasteiger partial charge is 0.0516 e. The third-order valence-electron chi connectivity index (χ3n) is 2.51. The summed E-state index contributed by atoms with van der Waals surface area (Å²) in [6, 6.07) is 2.02. The topological polar surface area (TPSA) is 21.3 Å². The zero-order valence-corrected chi connectivity index (χ0v) is 11.8. The van der Waals surface area contributed by atoms with Crippen LogP contribution in [-0.2, 0) is 11.3 Å². The van der Waals surface area contributed by atoms with Crippen molar-refractivity contribution in [3.05, 3.63) is 21.3 Å². The quantitative estimate of drug-likeness (QED) is 0.811. The van der Waals surface area contributed by atoms with Crippen LogP contribution in [0.3, 0.4) is 0 Å². The molecule has 4 heteroatoms. The molecule has 1 N–H and O–H groups in total. The Morgan fingerprint density at radius 2 is 2.25 bits per heavy atom. The van der Waals surface area contributed by atoms with E-state index in [0.29, 0.717) is 0 Å². The van der Waals surface area contributed by atoms with E-state index in [0.717, 1.165) is 31.1 Å². The number of nitrogens with one attached hydrogen (secondary N) is 1. The van der Waals surface area contributed by atoms with Crippen molar-refractivity contribution in [3.8, 4) is 0 Å². The Morgan fingerprint density at radius 3 is 2.81 bits per heavy atom. The molecule has 0 aliphatic rings. The molecule has 1 rings (SSSR count). The van der Waals surface area contributed by atoms with Gasteiger partial charge in [0.15, 0.2) is 0 Å². The molecule has 16 heavy (non-hydrogen) atoms. The molecule has 92 valence electrons. The molecule has 0 radical (unpaired) electrons. The Labute approximate surface area is 107 Å². The summed E-state index contributed by atoms with van der Waals surface area (Å²) < 4.78 is 5.10. The van der Waals surface area contributed by atoms with Gasteiger partial charge in [-0.3, -0.25) is 0 Å². The summed E-state index contributed by atoms with van der Waals surface area (Å²) in [5.41, 5.74) is 0.275. The van der Waals surface area contributed by atoms with Gasteiger partial charge in [-0.15, -0.1) is 11.3 Å². The summed E-state index contributed by atoms with van der Waals surface area (Å²) in [5.74, 6) is 0. The number of thiophene rings is 1. The predicted molar refractivity (Wildman–Crippen MR) is 71.3 cm³/mol. The molecule has 0 spiro atoms. The molecule has 1 aromatic rings. The van der Waals surface area contributed by atoms with Gasteiger partial charge in [-0.1, -0.05) is 25.4 Å². The second-order valence-electron chi connectivity index (χ2n) is 4.74. The first-order valence-electron chi connectivity index (χ1n) is 5.46. The minimum Gasteiger partial charge on any atom is -0.385 e. The molecule has 0 unspecified atom stereocenters. The van der Waals surface area contributed by atoms with E-state index in [1.54, 1.807) is 18.4 Å². The van der Waals surface area contributed by atoms with Crippen LogP contribution in [-0.4, -0.2) is 20.3 Å². The average Bonchev–Trinajstić information content (AvgIpc) is 2.61. The summed E-state index contributed by atoms with van der Waals surface area (Å²) in [7, 11) is 1.75. The lowest BCUT2D eigenvalue weighted by molar-refractivity contribution is 0.150. The number of hydrogen-bond acceptors (Lipinski definition) is 3. The Hall–Kier alpha value is -0.0900. The highest BCUT2D eigenvalue weighted by Gasteiger charge is 2.16. The van der Waals surface area contributed by atoms with Gasteiger partial charge in [-0.2, -0.15) is 0 Å². The summed E-state index contributed by atoms with van der Waals surface area (Å²) in [4.78, 5) is 1.28. The highest BCUT2D eigenvalue weighted by atomic mass is 35.5. The molecule has 0 aromatic carbocycles. The lowest BCUT2D eigenvalue weighted by Gasteiger charge is -2.24. The highest BCUT2D eigenvalue weighted by molar-refractivity contribution is 7.10. The van der Waals surface area contributed by atoms with E-state index < -0.39 is 0 Å². The summed E-state index contributed by atoms with van der Waals surface area (Å²) in [6.07, 6.45) is 1.07. The number of methoxy groups -OCH3 is 1. The van der Waals surface area contributed by atoms with E-state index in [-0.39, 0.29) is 5.41 Å². The summed E-state index contributed by atoms with van der Waals surface area (Å²) in [5, 5.41) is 6.26. The fourth-order valence-electron chi connectivity index (χ4n) is 1.44. The van der Waals surface area contributed by atoms with Crippen LogP contribution >= 0.6 is 22.9 Å². The van der Waals surface area contributed by atoms with E-state index in [9.17, 15) is 0 Å². The van der Waals surface area contributed by atoms with Crippen molar-refractivity contribution in [2.45, 2.75) is 26.8 Å². The van der Waals surface area contributed by atoms with Crippen molar-refractivity contribution in [1.82, 2.24) is 5.32 Å². The maximum Gasteiger partial charge on any atom is 0.0516 e. The van der Waals surface area contributed by atoms with Gasteiger partial charge in [0, 0.05) is 37.1 Å². The fourth-order valence-corrected chi connectivity index (χ4v) is 2.48. The number of rotatable bonds is 7. The normalized spacial score (nSPS) is 12.0. The van der Waals surface area contributed by atoms with Gasteiger partial charge in [0.25, 0.3) is 0 Å². The van der Waals surface area contributed by atoms with Crippen LogP contribution in [0.15, 0.2) is 11.4 Å². The lowest BCUT2D eigenvalue weighted by atomic mass is 9.90. The van der Waals surface area contributed by atoms with E-state index in [1.807, 2.05) is 11.4 Å². The van der Waals surface area contributed by atoms with Crippen LogP contribution in [0.1, 0.15) is 25.1 Å². The Kier molecular flexibility index (Phi) is 5.76. The van der Waals surface area contributed by atoms with Gasteiger partial charge in [-0.25, -0.2) is 0 Å². The van der Waals surface area contributed by atoms with Crippen molar-refractivity contribution in [3.63, 3.8) is 0 Å². The zero-order valence-electron chi connectivity index (χ0n) is 10.2. The van der Waals surface area contributed by atoms with Crippen LogP contribution in [0.4, 0.5) is 0 Å². The van der Waals surface area contributed by atoms with E-state index in [1.165, 1.54) is 4.88 Å². The first-order chi connectivity index (χ1) is 7.53. The molecular formula is C12H20ClNOS. The molecule has 0 fully saturated rings. The maximum absolute atomic E-state index is 5.86. The van der Waals surface area contributed by atoms with Crippen molar-refractivity contribution in [1.29, 1.82) is 0 Å². The SMILES string of the molecule is COCCC(C)(C)CNCc1cc(Cl)cs1. The van der Waals surface area contributed by atoms with E-state index in [4.69, 9.17) is 16.3 Å². The van der Waals surface area contributed by atoms with Crippen molar-refractivity contribution < 1.29 is 4.74 Å². The summed E-state index contributed by atoms with van der Waals surface area (Å²) >= 11 is 7.56. The van der Waals surface area contributed by atoms with Gasteiger partial charge in [0.05, 0.1) is 5.02 Å². The van der Waals surface area contributed by atoms with Crippen molar-refractivity contribution in [2.24, 2.45) is 5.41 Å². The standard InChI is InChI=1S/C12H20ClNOS/c1-12(2,4-5-15-3)9-14-7-11-6-10(13)8-16-11/h6,8,14H,4-5,7,9H2,1-3H3. The van der Waals surface area contributed by atoms with Gasteiger partial charge < -0.3 is 10.1 Å². The lowest BCUT2D eigenvalue weighted by Crippen LogP contribution is -2.29. The fraction of sp³-hybridized carbons (Fsp3) is 0.667. The maximum atomic E-state index is 5.86. The first kappa shape index (κ1) is 14.0. The van der Waals surface area contributed by atoms with Gasteiger partial charge in [0.1, 0.15) is 0 Å². The summed E-state index contributed by atoms with van der Waals surface area (Å²) in [6.45, 7) is 7.21. The van der Waals surface area contributed by atoms with Crippen molar-refractivity contribution in [2.75, 3.05) is 20.3 Å². The van der Waals surface area contributed by atoms with Crippen LogP contribution in [0.25, 0.3) is 0 Å². The predicted octanol–water partition coefficient (Wildman–Crippen LogP) is 3.55. The van der Waals surface area contributed by atoms with Crippen LogP contribution in [0.2, 0.25) is 5.02 Å². The number of halogens is 1. The van der Waals surface area contributed by atoms with Crippen LogP contribution in [0.5, 0.6) is 0 Å². The number of ether oxygens (including phenoxy) is 1. The molecule has 0 saturated heterocycles. The monoisotopic (exact) mass is 261 g/mol. The number of hydrogen-bond donors (Lipinski definition) is 1. The second kappa shape index (κ2) is 6.60. The van der Waals surface area contributed by atoms with E-state index in [2.05, 4.69) is 19.2 Å². The average molecular weight is 262 g/mol. The molecular weight excluding hydrogens is 242 g/mol. The molecule has 0 amide bonds. The minimum atomic E-state index is 0.275. The van der Waals surface area contributed by atoms with Crippen LogP contribution in [0, 0.1) is 5.41 Å². The van der Waals surface area contributed by atoms with Crippen molar-refractivity contribution >= 4 is 22.9 Å². The zero-order chi connectivity index (χ0) is 12.0. The molecule has 1 aromatic heterocycles. The largest absolute Gasteiger partial charge is 0.385 e. The molecule has 0 aliphatic heterocycles. The third-order valence-corrected chi connectivity index (χ3v) is 3.79. The van der Waals surface area contributed by atoms with Crippen LogP contribution < -0.4 is 5.32 Å². The minimum absolute atomic E-state index is 0.275. The molecule has 0 saturated carbocycles. The Balaban J connectivity index is 2.24.